The molecule has 0 amide bonds. The SMILES string of the molecule is c1ccc(-c2nc(-c3cccc(-n4c5cccc6c7cccc8c9ccccc9c9ccc4c(c9c87)c65)c3)nc(-c3ccc4oc5ccccc5c4c3)n2)cc1. The number of benzene rings is 10. The lowest BCUT2D eigenvalue weighted by Crippen LogP contribution is -2.01. The van der Waals surface area contributed by atoms with Gasteiger partial charge >= 0.3 is 0 Å². The van der Waals surface area contributed by atoms with E-state index in [4.69, 9.17) is 19.4 Å². The summed E-state index contributed by atoms with van der Waals surface area (Å²) in [5.41, 5.74) is 7.86. The van der Waals surface area contributed by atoms with Crippen LogP contribution in [-0.2, 0) is 0 Å². The van der Waals surface area contributed by atoms with Crippen LogP contribution in [0.5, 0.6) is 0 Å². The van der Waals surface area contributed by atoms with Crippen molar-refractivity contribution in [2.24, 2.45) is 0 Å². The molecule has 13 aromatic rings. The molecule has 0 saturated carbocycles. The molecule has 258 valence electrons. The minimum Gasteiger partial charge on any atom is -0.456 e. The summed E-state index contributed by atoms with van der Waals surface area (Å²) in [5, 5.41) is 15.1. The quantitative estimate of drug-likeness (QED) is 0.135. The minimum atomic E-state index is 0.610. The molecule has 5 nitrogen and oxygen atoms in total. The Labute approximate surface area is 319 Å². The van der Waals surface area contributed by atoms with Crippen LogP contribution in [0.4, 0.5) is 0 Å². The Hall–Kier alpha value is -7.63. The van der Waals surface area contributed by atoms with Crippen LogP contribution >= 0.6 is 0 Å². The molecule has 0 aliphatic carbocycles. The zero-order valence-corrected chi connectivity index (χ0v) is 29.9. The molecule has 0 radical (unpaired) electrons. The van der Waals surface area contributed by atoms with Gasteiger partial charge in [-0.1, -0.05) is 121 Å². The maximum atomic E-state index is 6.15. The maximum absolute atomic E-state index is 6.15. The Kier molecular flexibility index (Phi) is 5.83. The van der Waals surface area contributed by atoms with E-state index in [-0.39, 0.29) is 0 Å². The number of nitrogens with zero attached hydrogens (tertiary/aromatic N) is 4. The predicted octanol–water partition coefficient (Wildman–Crippen LogP) is 13.4. The van der Waals surface area contributed by atoms with Crippen LogP contribution in [0.2, 0.25) is 0 Å². The molecule has 56 heavy (non-hydrogen) atoms. The Morgan fingerprint density at radius 1 is 0.321 bits per heavy atom. The number of fused-ring (bicyclic) bond motifs is 7. The monoisotopic (exact) mass is 712 g/mol. The highest BCUT2D eigenvalue weighted by atomic mass is 16.3. The van der Waals surface area contributed by atoms with Crippen molar-refractivity contribution in [2.75, 3.05) is 0 Å². The fourth-order valence-corrected chi connectivity index (χ4v) is 9.36. The molecule has 0 aliphatic heterocycles. The second-order valence-electron chi connectivity index (χ2n) is 14.7. The zero-order valence-electron chi connectivity index (χ0n) is 29.9. The summed E-state index contributed by atoms with van der Waals surface area (Å²) in [4.78, 5) is 15.3. The fourth-order valence-electron chi connectivity index (χ4n) is 9.36. The lowest BCUT2D eigenvalue weighted by atomic mass is 9.86. The van der Waals surface area contributed by atoms with Crippen LogP contribution in [-0.4, -0.2) is 19.5 Å². The van der Waals surface area contributed by atoms with Crippen LogP contribution in [0.15, 0.2) is 174 Å². The Balaban J connectivity index is 1.05. The Morgan fingerprint density at radius 2 is 0.875 bits per heavy atom. The van der Waals surface area contributed by atoms with E-state index in [1.807, 2.05) is 60.7 Å². The molecular weight excluding hydrogens is 685 g/mol. The lowest BCUT2D eigenvalue weighted by Gasteiger charge is -2.16. The highest BCUT2D eigenvalue weighted by Crippen LogP contribution is 2.49. The summed E-state index contributed by atoms with van der Waals surface area (Å²) in [6, 6.07) is 60.1. The standard InChI is InChI=1S/C51H28N4O/c1-2-11-29(12-3-1)49-52-50(54-51(53-49)31-23-26-44-40(28-31)35-17-6-7-22-43(35)56-44)30-13-8-14-32(27-30)55-41-21-10-20-38-37-19-9-18-36-33-15-4-5-16-34(33)39-24-25-42(55)48(46(38)41)47(39)45(36)37/h1-28H. The zero-order chi connectivity index (χ0) is 36.5. The highest BCUT2D eigenvalue weighted by Gasteiger charge is 2.24. The van der Waals surface area contributed by atoms with E-state index >= 15 is 0 Å². The molecule has 0 fully saturated rings. The summed E-state index contributed by atoms with van der Waals surface area (Å²) in [6.07, 6.45) is 0. The number of furan rings is 1. The van der Waals surface area contributed by atoms with Crippen LogP contribution in [0.1, 0.15) is 0 Å². The second kappa shape index (κ2) is 11.0. The smallest absolute Gasteiger partial charge is 0.164 e. The molecule has 0 unspecified atom stereocenters. The largest absolute Gasteiger partial charge is 0.456 e. The van der Waals surface area contributed by atoms with Gasteiger partial charge in [0.25, 0.3) is 0 Å². The first kappa shape index (κ1) is 29.8. The van der Waals surface area contributed by atoms with Crippen molar-refractivity contribution >= 4 is 86.8 Å². The van der Waals surface area contributed by atoms with Gasteiger partial charge in [-0.25, -0.2) is 15.0 Å². The van der Waals surface area contributed by atoms with Crippen LogP contribution in [0.25, 0.3) is 127 Å². The number of aromatic nitrogens is 4. The van der Waals surface area contributed by atoms with Gasteiger partial charge in [0.15, 0.2) is 17.5 Å². The van der Waals surface area contributed by atoms with E-state index in [1.165, 1.54) is 64.9 Å². The third kappa shape index (κ3) is 4.01. The molecule has 0 aliphatic rings. The summed E-state index contributed by atoms with van der Waals surface area (Å²) in [7, 11) is 0. The molecule has 0 atom stereocenters. The first-order valence-electron chi connectivity index (χ1n) is 18.9. The normalized spacial score (nSPS) is 12.3. The van der Waals surface area contributed by atoms with Gasteiger partial charge in [0.1, 0.15) is 11.2 Å². The van der Waals surface area contributed by atoms with Crippen molar-refractivity contribution in [3.05, 3.63) is 170 Å². The van der Waals surface area contributed by atoms with Gasteiger partial charge in [-0.05, 0) is 86.2 Å². The molecule has 3 heterocycles. The average Bonchev–Trinajstić information content (AvgIpc) is 3.82. The summed E-state index contributed by atoms with van der Waals surface area (Å²) in [6.45, 7) is 0. The van der Waals surface area contributed by atoms with Crippen molar-refractivity contribution < 1.29 is 4.42 Å². The van der Waals surface area contributed by atoms with E-state index < -0.39 is 0 Å². The van der Waals surface area contributed by atoms with E-state index in [2.05, 4.69) is 114 Å². The van der Waals surface area contributed by atoms with Gasteiger partial charge in [-0.2, -0.15) is 0 Å². The van der Waals surface area contributed by atoms with Gasteiger partial charge in [0, 0.05) is 49.3 Å². The maximum Gasteiger partial charge on any atom is 0.164 e. The number of hydrogen-bond donors (Lipinski definition) is 0. The summed E-state index contributed by atoms with van der Waals surface area (Å²) >= 11 is 0. The summed E-state index contributed by atoms with van der Waals surface area (Å²) < 4.78 is 8.57. The molecule has 0 N–H and O–H groups in total. The number of para-hydroxylation sites is 1. The van der Waals surface area contributed by atoms with E-state index in [9.17, 15) is 0 Å². The third-order valence-corrected chi connectivity index (χ3v) is 11.7. The first-order valence-corrected chi connectivity index (χ1v) is 18.9. The molecular formula is C51H28N4O. The van der Waals surface area contributed by atoms with Gasteiger partial charge in [0.2, 0.25) is 0 Å². The summed E-state index contributed by atoms with van der Waals surface area (Å²) in [5.74, 6) is 1.85. The average molecular weight is 713 g/mol. The van der Waals surface area contributed by atoms with Gasteiger partial charge in [-0.15, -0.1) is 0 Å². The van der Waals surface area contributed by atoms with Gasteiger partial charge in [-0.3, -0.25) is 0 Å². The van der Waals surface area contributed by atoms with Crippen molar-refractivity contribution in [1.29, 1.82) is 0 Å². The number of rotatable bonds is 4. The predicted molar refractivity (Wildman–Crippen MR) is 230 cm³/mol. The van der Waals surface area contributed by atoms with Crippen LogP contribution in [0, 0.1) is 0 Å². The number of hydrogen-bond acceptors (Lipinski definition) is 4. The van der Waals surface area contributed by atoms with Crippen LogP contribution < -0.4 is 0 Å². The van der Waals surface area contributed by atoms with Crippen molar-refractivity contribution in [1.82, 2.24) is 19.5 Å². The molecule has 0 saturated heterocycles. The lowest BCUT2D eigenvalue weighted by molar-refractivity contribution is 0.669. The van der Waals surface area contributed by atoms with Gasteiger partial charge in [0.05, 0.1) is 11.0 Å². The minimum absolute atomic E-state index is 0.610. The van der Waals surface area contributed by atoms with E-state index in [1.54, 1.807) is 0 Å². The first-order chi connectivity index (χ1) is 27.8. The Bertz CT molecular complexity index is 3710. The fraction of sp³-hybridized carbons (Fsp3) is 0. The molecule has 0 bridgehead atoms. The van der Waals surface area contributed by atoms with E-state index in [0.717, 1.165) is 44.3 Å². The van der Waals surface area contributed by atoms with E-state index in [0.29, 0.717) is 17.5 Å². The molecule has 0 spiro atoms. The molecule has 10 aromatic carbocycles. The molecule has 13 rings (SSSR count). The topological polar surface area (TPSA) is 56.7 Å². The highest BCUT2D eigenvalue weighted by molar-refractivity contribution is 6.44. The van der Waals surface area contributed by atoms with Crippen molar-refractivity contribution in [3.63, 3.8) is 0 Å². The van der Waals surface area contributed by atoms with Crippen LogP contribution in [0.3, 0.4) is 0 Å². The Morgan fingerprint density at radius 3 is 1.68 bits per heavy atom. The van der Waals surface area contributed by atoms with Crippen molar-refractivity contribution in [2.45, 2.75) is 0 Å². The van der Waals surface area contributed by atoms with Crippen molar-refractivity contribution in [3.8, 4) is 39.9 Å². The third-order valence-electron chi connectivity index (χ3n) is 11.7. The molecule has 5 heteroatoms. The molecule has 3 aromatic heterocycles. The second-order valence-corrected chi connectivity index (χ2v) is 14.7. The van der Waals surface area contributed by atoms with Gasteiger partial charge < -0.3 is 8.98 Å².